The third-order valence-corrected chi connectivity index (χ3v) is 2.77. The molecule has 0 aliphatic carbocycles. The van der Waals surface area contributed by atoms with E-state index in [2.05, 4.69) is 22.9 Å². The van der Waals surface area contributed by atoms with Crippen molar-refractivity contribution in [2.24, 2.45) is 0 Å². The number of nitrogen functional groups attached to an aromatic ring is 1. The first-order valence-electron chi connectivity index (χ1n) is 5.02. The third-order valence-electron chi connectivity index (χ3n) is 2.03. The first-order chi connectivity index (χ1) is 7.15. The van der Waals surface area contributed by atoms with Crippen molar-refractivity contribution in [3.63, 3.8) is 0 Å². The first-order valence-corrected chi connectivity index (χ1v) is 6.19. The van der Waals surface area contributed by atoms with Crippen LogP contribution in [-0.2, 0) is 0 Å². The SMILES string of the molecule is CCCCCOc1c(N)cc(Br)cc1Cl. The Hall–Kier alpha value is -0.410. The molecule has 0 spiro atoms. The largest absolute Gasteiger partial charge is 0.490 e. The highest BCUT2D eigenvalue weighted by atomic mass is 79.9. The van der Waals surface area contributed by atoms with Gasteiger partial charge in [-0.1, -0.05) is 47.3 Å². The van der Waals surface area contributed by atoms with Gasteiger partial charge in [-0.3, -0.25) is 0 Å². The minimum absolute atomic E-state index is 0.554. The summed E-state index contributed by atoms with van der Waals surface area (Å²) in [5.74, 6) is 0.593. The molecule has 0 aliphatic rings. The van der Waals surface area contributed by atoms with Crippen LogP contribution < -0.4 is 10.5 Å². The van der Waals surface area contributed by atoms with Crippen molar-refractivity contribution >= 4 is 33.2 Å². The Labute approximate surface area is 104 Å². The number of unbranched alkanes of at least 4 members (excludes halogenated alkanes) is 2. The van der Waals surface area contributed by atoms with E-state index in [0.29, 0.717) is 23.1 Å². The van der Waals surface area contributed by atoms with Gasteiger partial charge in [0.2, 0.25) is 0 Å². The van der Waals surface area contributed by atoms with E-state index >= 15 is 0 Å². The predicted octanol–water partition coefficient (Wildman–Crippen LogP) is 4.25. The highest BCUT2D eigenvalue weighted by Crippen LogP contribution is 2.34. The van der Waals surface area contributed by atoms with E-state index in [1.165, 1.54) is 6.42 Å². The van der Waals surface area contributed by atoms with Crippen LogP contribution in [0.25, 0.3) is 0 Å². The molecule has 0 atom stereocenters. The van der Waals surface area contributed by atoms with Gasteiger partial charge in [-0.25, -0.2) is 0 Å². The molecule has 0 saturated heterocycles. The Morgan fingerprint density at radius 2 is 2.13 bits per heavy atom. The predicted molar refractivity (Wildman–Crippen MR) is 68.6 cm³/mol. The second-order valence-corrected chi connectivity index (χ2v) is 4.68. The zero-order chi connectivity index (χ0) is 11.3. The Morgan fingerprint density at radius 1 is 1.40 bits per heavy atom. The molecule has 15 heavy (non-hydrogen) atoms. The lowest BCUT2D eigenvalue weighted by Crippen LogP contribution is -2.01. The highest BCUT2D eigenvalue weighted by Gasteiger charge is 2.07. The molecule has 84 valence electrons. The summed E-state index contributed by atoms with van der Waals surface area (Å²) in [6.45, 7) is 2.82. The number of hydrogen-bond donors (Lipinski definition) is 1. The van der Waals surface area contributed by atoms with Gasteiger partial charge in [0.05, 0.1) is 17.3 Å². The average Bonchev–Trinajstić information content (AvgIpc) is 2.15. The molecule has 1 aromatic rings. The molecule has 0 radical (unpaired) electrons. The second-order valence-electron chi connectivity index (χ2n) is 3.36. The minimum Gasteiger partial charge on any atom is -0.490 e. The fourth-order valence-electron chi connectivity index (χ4n) is 1.26. The molecular formula is C11H15BrClNO. The summed E-state index contributed by atoms with van der Waals surface area (Å²) in [5.41, 5.74) is 6.37. The number of nitrogens with two attached hydrogens (primary N) is 1. The Kier molecular flexibility index (Phi) is 5.26. The van der Waals surface area contributed by atoms with Gasteiger partial charge < -0.3 is 10.5 Å². The van der Waals surface area contributed by atoms with Crippen molar-refractivity contribution < 1.29 is 4.74 Å². The van der Waals surface area contributed by atoms with Crippen LogP contribution in [0.4, 0.5) is 5.69 Å². The van der Waals surface area contributed by atoms with Gasteiger partial charge in [-0.15, -0.1) is 0 Å². The van der Waals surface area contributed by atoms with Gasteiger partial charge in [0, 0.05) is 4.47 Å². The van der Waals surface area contributed by atoms with Crippen molar-refractivity contribution in [1.29, 1.82) is 0 Å². The fourth-order valence-corrected chi connectivity index (χ4v) is 2.15. The van der Waals surface area contributed by atoms with E-state index in [9.17, 15) is 0 Å². The number of hydrogen-bond acceptors (Lipinski definition) is 2. The maximum absolute atomic E-state index is 6.01. The zero-order valence-corrected chi connectivity index (χ0v) is 11.1. The highest BCUT2D eigenvalue weighted by molar-refractivity contribution is 9.10. The summed E-state index contributed by atoms with van der Waals surface area (Å²) in [6.07, 6.45) is 3.36. The van der Waals surface area contributed by atoms with Gasteiger partial charge in [-0.2, -0.15) is 0 Å². The van der Waals surface area contributed by atoms with Crippen LogP contribution in [0.1, 0.15) is 26.2 Å². The van der Waals surface area contributed by atoms with Gasteiger partial charge >= 0.3 is 0 Å². The molecule has 0 saturated carbocycles. The normalized spacial score (nSPS) is 10.3. The van der Waals surface area contributed by atoms with Crippen molar-refractivity contribution in [1.82, 2.24) is 0 Å². The lowest BCUT2D eigenvalue weighted by molar-refractivity contribution is 0.308. The van der Waals surface area contributed by atoms with E-state index in [1.807, 2.05) is 0 Å². The summed E-state index contributed by atoms with van der Waals surface area (Å²) in [6, 6.07) is 3.58. The quantitative estimate of drug-likeness (QED) is 0.650. The standard InChI is InChI=1S/C11H15BrClNO/c1-2-3-4-5-15-11-9(13)6-8(12)7-10(11)14/h6-7H,2-5,14H2,1H3. The molecule has 2 nitrogen and oxygen atoms in total. The van der Waals surface area contributed by atoms with E-state index in [1.54, 1.807) is 12.1 Å². The van der Waals surface area contributed by atoms with E-state index in [-0.39, 0.29) is 0 Å². The molecule has 0 unspecified atom stereocenters. The number of ether oxygens (including phenoxy) is 1. The van der Waals surface area contributed by atoms with Crippen LogP contribution >= 0.6 is 27.5 Å². The van der Waals surface area contributed by atoms with Gasteiger partial charge in [0.25, 0.3) is 0 Å². The Bertz CT molecular complexity index is 307. The summed E-state index contributed by atoms with van der Waals surface area (Å²) in [5, 5.41) is 0.554. The number of rotatable bonds is 5. The number of halogens is 2. The Morgan fingerprint density at radius 3 is 2.73 bits per heavy atom. The topological polar surface area (TPSA) is 35.2 Å². The molecular weight excluding hydrogens is 277 g/mol. The third kappa shape index (κ3) is 3.92. The molecule has 1 aromatic carbocycles. The summed E-state index contributed by atoms with van der Waals surface area (Å²) < 4.78 is 6.41. The van der Waals surface area contributed by atoms with Crippen molar-refractivity contribution in [3.8, 4) is 5.75 Å². The lowest BCUT2D eigenvalue weighted by Gasteiger charge is -2.10. The van der Waals surface area contributed by atoms with Crippen LogP contribution in [0.5, 0.6) is 5.75 Å². The number of anilines is 1. The van der Waals surface area contributed by atoms with E-state index < -0.39 is 0 Å². The van der Waals surface area contributed by atoms with Crippen molar-refractivity contribution in [3.05, 3.63) is 21.6 Å². The summed E-state index contributed by atoms with van der Waals surface area (Å²) >= 11 is 9.33. The zero-order valence-electron chi connectivity index (χ0n) is 8.72. The molecule has 0 aromatic heterocycles. The van der Waals surface area contributed by atoms with E-state index in [4.69, 9.17) is 22.1 Å². The molecule has 4 heteroatoms. The Balaban J connectivity index is 2.60. The van der Waals surface area contributed by atoms with Gasteiger partial charge in [0.15, 0.2) is 5.75 Å². The fraction of sp³-hybridized carbons (Fsp3) is 0.455. The van der Waals surface area contributed by atoms with Crippen LogP contribution in [0.15, 0.2) is 16.6 Å². The maximum atomic E-state index is 6.01. The number of benzene rings is 1. The van der Waals surface area contributed by atoms with Crippen LogP contribution in [0.3, 0.4) is 0 Å². The molecule has 0 amide bonds. The van der Waals surface area contributed by atoms with Crippen molar-refractivity contribution in [2.75, 3.05) is 12.3 Å². The maximum Gasteiger partial charge on any atom is 0.160 e. The molecule has 0 fully saturated rings. The molecule has 2 N–H and O–H groups in total. The minimum atomic E-state index is 0.554. The lowest BCUT2D eigenvalue weighted by atomic mass is 10.2. The smallest absolute Gasteiger partial charge is 0.160 e. The van der Waals surface area contributed by atoms with Crippen molar-refractivity contribution in [2.45, 2.75) is 26.2 Å². The monoisotopic (exact) mass is 291 g/mol. The second kappa shape index (κ2) is 6.23. The summed E-state index contributed by atoms with van der Waals surface area (Å²) in [4.78, 5) is 0. The first kappa shape index (κ1) is 12.7. The van der Waals surface area contributed by atoms with E-state index in [0.717, 1.165) is 17.3 Å². The van der Waals surface area contributed by atoms with Crippen LogP contribution in [0, 0.1) is 0 Å². The average molecular weight is 293 g/mol. The molecule has 0 bridgehead atoms. The van der Waals surface area contributed by atoms with Gasteiger partial charge in [-0.05, 0) is 18.6 Å². The molecule has 1 rings (SSSR count). The van der Waals surface area contributed by atoms with Gasteiger partial charge in [0.1, 0.15) is 0 Å². The molecule has 0 aliphatic heterocycles. The molecule has 0 heterocycles. The van der Waals surface area contributed by atoms with Crippen LogP contribution in [0.2, 0.25) is 5.02 Å². The van der Waals surface area contributed by atoms with Crippen LogP contribution in [-0.4, -0.2) is 6.61 Å². The summed E-state index contributed by atoms with van der Waals surface area (Å²) in [7, 11) is 0.